The van der Waals surface area contributed by atoms with E-state index in [0.29, 0.717) is 5.92 Å². The molecule has 0 aliphatic rings. The van der Waals surface area contributed by atoms with E-state index in [1.165, 1.54) is 11.1 Å². The molecule has 0 aromatic rings. The van der Waals surface area contributed by atoms with Gasteiger partial charge in [-0.15, -0.1) is 0 Å². The molecular formula is C15H28S. The Morgan fingerprint density at radius 2 is 1.69 bits per heavy atom. The third-order valence-electron chi connectivity index (χ3n) is 3.24. The van der Waals surface area contributed by atoms with Crippen molar-refractivity contribution in [2.45, 2.75) is 59.6 Å². The van der Waals surface area contributed by atoms with Crippen LogP contribution in [0.3, 0.4) is 0 Å². The van der Waals surface area contributed by atoms with Crippen LogP contribution < -0.4 is 0 Å². The van der Waals surface area contributed by atoms with Gasteiger partial charge < -0.3 is 0 Å². The van der Waals surface area contributed by atoms with Crippen LogP contribution in [0.15, 0.2) is 23.8 Å². The minimum atomic E-state index is -0.108. The number of allylic oxidation sites excluding steroid dienone is 2. The summed E-state index contributed by atoms with van der Waals surface area (Å²) in [5.74, 6) is 0.487. The highest BCUT2D eigenvalue weighted by Crippen LogP contribution is 2.39. The summed E-state index contributed by atoms with van der Waals surface area (Å²) >= 11 is 4.81. The quantitative estimate of drug-likeness (QED) is 0.502. The van der Waals surface area contributed by atoms with Crippen LogP contribution in [0, 0.1) is 11.3 Å². The molecule has 1 heteroatoms. The molecule has 16 heavy (non-hydrogen) atoms. The topological polar surface area (TPSA) is 0 Å². The van der Waals surface area contributed by atoms with E-state index in [4.69, 9.17) is 12.6 Å². The van der Waals surface area contributed by atoms with E-state index in [1.54, 1.807) is 0 Å². The summed E-state index contributed by atoms with van der Waals surface area (Å²) in [6, 6.07) is 0. The Balaban J connectivity index is 4.90. The molecule has 0 bridgehead atoms. The Hall–Kier alpha value is -0.170. The van der Waals surface area contributed by atoms with Crippen molar-refractivity contribution in [1.82, 2.24) is 0 Å². The summed E-state index contributed by atoms with van der Waals surface area (Å²) < 4.78 is -0.108. The Morgan fingerprint density at radius 3 is 1.94 bits per heavy atom. The van der Waals surface area contributed by atoms with Crippen LogP contribution >= 0.6 is 12.6 Å². The van der Waals surface area contributed by atoms with Gasteiger partial charge >= 0.3 is 0 Å². The van der Waals surface area contributed by atoms with Gasteiger partial charge in [0.1, 0.15) is 0 Å². The third-order valence-corrected chi connectivity index (χ3v) is 3.68. The van der Waals surface area contributed by atoms with Crippen LogP contribution in [-0.2, 0) is 0 Å². The van der Waals surface area contributed by atoms with Gasteiger partial charge in [-0.05, 0) is 31.6 Å². The molecule has 94 valence electrons. The predicted octanol–water partition coefficient (Wildman–Crippen LogP) is 5.27. The zero-order valence-electron chi connectivity index (χ0n) is 12.0. The van der Waals surface area contributed by atoms with Crippen LogP contribution in [0.2, 0.25) is 0 Å². The van der Waals surface area contributed by atoms with Gasteiger partial charge in [0.2, 0.25) is 0 Å². The fraction of sp³-hybridized carbons (Fsp3) is 0.733. The zero-order valence-corrected chi connectivity index (χ0v) is 12.9. The van der Waals surface area contributed by atoms with Crippen molar-refractivity contribution in [2.24, 2.45) is 11.3 Å². The molecule has 0 aromatic carbocycles. The molecule has 0 amide bonds. The molecule has 0 saturated heterocycles. The van der Waals surface area contributed by atoms with Crippen LogP contribution in [0.25, 0.3) is 0 Å². The van der Waals surface area contributed by atoms with Gasteiger partial charge in [-0.3, -0.25) is 0 Å². The maximum atomic E-state index is 4.81. The average Bonchev–Trinajstić information content (AvgIpc) is 2.10. The molecule has 0 aliphatic heterocycles. The SMILES string of the molecule is C=C(C(C)C)C(C)(S)C/C(=C\C)C(C)(C)C. The van der Waals surface area contributed by atoms with Crippen molar-refractivity contribution in [3.63, 3.8) is 0 Å². The normalized spacial score (nSPS) is 17.4. The second-order valence-electron chi connectivity index (χ2n) is 6.19. The van der Waals surface area contributed by atoms with Gasteiger partial charge in [0.05, 0.1) is 0 Å². The van der Waals surface area contributed by atoms with Gasteiger partial charge in [-0.2, -0.15) is 12.6 Å². The summed E-state index contributed by atoms with van der Waals surface area (Å²) in [4.78, 5) is 0. The summed E-state index contributed by atoms with van der Waals surface area (Å²) in [7, 11) is 0. The van der Waals surface area contributed by atoms with Crippen molar-refractivity contribution in [3.8, 4) is 0 Å². The van der Waals surface area contributed by atoms with Gasteiger partial charge in [-0.25, -0.2) is 0 Å². The average molecular weight is 240 g/mol. The number of hydrogen-bond donors (Lipinski definition) is 1. The first kappa shape index (κ1) is 15.8. The lowest BCUT2D eigenvalue weighted by atomic mass is 9.78. The zero-order chi connectivity index (χ0) is 13.1. The first-order valence-corrected chi connectivity index (χ1v) is 6.54. The molecule has 0 N–H and O–H groups in total. The summed E-state index contributed by atoms with van der Waals surface area (Å²) in [5.41, 5.74) is 2.89. The van der Waals surface area contributed by atoms with Crippen molar-refractivity contribution in [2.75, 3.05) is 0 Å². The molecule has 0 spiro atoms. The molecule has 0 fully saturated rings. The lowest BCUT2D eigenvalue weighted by Gasteiger charge is -2.34. The first-order valence-electron chi connectivity index (χ1n) is 6.09. The van der Waals surface area contributed by atoms with Crippen LogP contribution in [0.5, 0.6) is 0 Å². The third kappa shape index (κ3) is 4.37. The summed E-state index contributed by atoms with van der Waals surface area (Å²) in [5, 5.41) is 0. The summed E-state index contributed by atoms with van der Waals surface area (Å²) in [6.45, 7) is 19.6. The standard InChI is InChI=1S/C15H28S/c1-9-13(14(5,6)7)10-15(8,16)12(4)11(2)3/h9,11,16H,4,10H2,1-3,5-8H3/b13-9+. The van der Waals surface area contributed by atoms with Crippen molar-refractivity contribution in [3.05, 3.63) is 23.8 Å². The Kier molecular flexibility index (Phi) is 5.38. The monoisotopic (exact) mass is 240 g/mol. The Morgan fingerprint density at radius 1 is 1.25 bits per heavy atom. The molecule has 1 unspecified atom stereocenters. The van der Waals surface area contributed by atoms with Crippen molar-refractivity contribution < 1.29 is 0 Å². The van der Waals surface area contributed by atoms with Gasteiger partial charge in [0.25, 0.3) is 0 Å². The molecular weight excluding hydrogens is 212 g/mol. The molecule has 0 nitrogen and oxygen atoms in total. The van der Waals surface area contributed by atoms with Gasteiger partial charge in [-0.1, -0.05) is 58.4 Å². The lowest BCUT2D eigenvalue weighted by molar-refractivity contribution is 0.461. The highest BCUT2D eigenvalue weighted by Gasteiger charge is 2.29. The molecule has 0 saturated carbocycles. The van der Waals surface area contributed by atoms with E-state index in [0.717, 1.165) is 6.42 Å². The largest absolute Gasteiger partial charge is 0.168 e. The van der Waals surface area contributed by atoms with Crippen LogP contribution in [0.4, 0.5) is 0 Å². The Bertz CT molecular complexity index is 274. The number of hydrogen-bond acceptors (Lipinski definition) is 1. The molecule has 0 rings (SSSR count). The van der Waals surface area contributed by atoms with E-state index in [-0.39, 0.29) is 10.2 Å². The fourth-order valence-electron chi connectivity index (χ4n) is 1.91. The maximum absolute atomic E-state index is 4.81. The first-order chi connectivity index (χ1) is 7.02. The molecule has 1 atom stereocenters. The van der Waals surface area contributed by atoms with E-state index in [2.05, 4.69) is 61.1 Å². The molecule has 0 aliphatic carbocycles. The van der Waals surface area contributed by atoms with Gasteiger partial charge in [0, 0.05) is 4.75 Å². The highest BCUT2D eigenvalue weighted by molar-refractivity contribution is 7.82. The second-order valence-corrected chi connectivity index (χ2v) is 7.18. The predicted molar refractivity (Wildman–Crippen MR) is 79.2 cm³/mol. The smallest absolute Gasteiger partial charge is 0.0346 e. The van der Waals surface area contributed by atoms with Crippen LogP contribution in [-0.4, -0.2) is 4.75 Å². The minimum Gasteiger partial charge on any atom is -0.168 e. The Labute approximate surface area is 108 Å². The van der Waals surface area contributed by atoms with E-state index in [9.17, 15) is 0 Å². The van der Waals surface area contributed by atoms with E-state index in [1.807, 2.05) is 0 Å². The number of thiol groups is 1. The van der Waals surface area contributed by atoms with E-state index < -0.39 is 0 Å². The molecule has 0 radical (unpaired) electrons. The number of rotatable bonds is 4. The van der Waals surface area contributed by atoms with Gasteiger partial charge in [0.15, 0.2) is 0 Å². The highest BCUT2D eigenvalue weighted by atomic mass is 32.1. The lowest BCUT2D eigenvalue weighted by Crippen LogP contribution is -2.26. The molecule has 0 heterocycles. The van der Waals surface area contributed by atoms with Crippen LogP contribution in [0.1, 0.15) is 54.9 Å². The second kappa shape index (κ2) is 5.44. The summed E-state index contributed by atoms with van der Waals surface area (Å²) in [6.07, 6.45) is 3.20. The van der Waals surface area contributed by atoms with Crippen molar-refractivity contribution >= 4 is 12.6 Å². The minimum absolute atomic E-state index is 0.108. The van der Waals surface area contributed by atoms with E-state index >= 15 is 0 Å². The van der Waals surface area contributed by atoms with Crippen molar-refractivity contribution in [1.29, 1.82) is 0 Å². The fourth-order valence-corrected chi connectivity index (χ4v) is 2.34. The molecule has 0 aromatic heterocycles. The maximum Gasteiger partial charge on any atom is 0.0346 e.